The summed E-state index contributed by atoms with van der Waals surface area (Å²) in [5.74, 6) is -2.71. The van der Waals surface area contributed by atoms with Gasteiger partial charge in [-0.05, 0) is 104 Å². The molecule has 15 rings (SSSR count). The van der Waals surface area contributed by atoms with E-state index in [0.29, 0.717) is 145 Å². The molecule has 15 heterocycles. The van der Waals surface area contributed by atoms with Gasteiger partial charge in [-0.2, -0.15) is 18.4 Å². The average molecular weight is 1750 g/mol. The van der Waals surface area contributed by atoms with Gasteiger partial charge in [-0.15, -0.1) is 0 Å². The number of likely N-dealkylation sites (N-methyl/N-ethyl adjacent to an activating group) is 1. The number of nitriles is 1. The Labute approximate surface area is 701 Å². The fraction of sp³-hybridized carbons (Fsp3) is 0.372. The first-order valence-corrected chi connectivity index (χ1v) is 37.7. The number of amides is 4. The number of nitrogens with zero attached hydrogens (tertiary/aromatic N) is 16. The molecule has 3 saturated heterocycles. The van der Waals surface area contributed by atoms with Crippen LogP contribution >= 0.6 is 46.4 Å². The second-order valence-corrected chi connectivity index (χ2v) is 30.0. The van der Waals surface area contributed by atoms with Crippen LogP contribution < -0.4 is 41.3 Å². The maximum absolute atomic E-state index is 14.7. The molecule has 3 aliphatic heterocycles. The number of aromatic amines is 4. The first-order chi connectivity index (χ1) is 55.7. The zero-order chi connectivity index (χ0) is 84.1. The van der Waals surface area contributed by atoms with E-state index in [1.807, 2.05) is 25.2 Å². The smallest absolute Gasteiger partial charge is 0.355 e. The number of halogens is 13. The molecule has 12 aromatic heterocycles. The standard InChI is InChI=1S/C19H18ClF3N6O.C19H19ClF2N6O.C19H20ClFN6O.C18H15ClF3N7O.3CH4/c1-19(18(30)27-9-14(22)23)3-2-4-29(19)17-13(21)8-26-16(28-17)12-7-25-15-11(12)5-10(20)6-24-15;1-19(18(29)23-5-4-21)3-2-6-28(19)17-14(22)10-26-16(27-17)13-9-25-15-12(13)7-11(20)8-24-15;1-3-22-18(28)19(2)5-4-6-27(19)17-14(21)10-25-16(26-17)13-9-24-15-12(13)7-11(20)8-23-15;1-17(2,16(30)27-8-18(20,21)22)29-13-9(4-23)5-24-15(28-13)12-7-26-14-11(12)3-10(19)6-25-14;;;/h5-8,14H,2-4,9H2,1H3,(H,24,25)(H,27,30);7-10H,2-6H2,1H3,(H,23,29)(H,24,25);7-10H,3-6H2,1-2H3,(H,22,28)(H,23,24);3,5-7H,8H2,1-2H3,(H,25,26)(H,27,30)(H,24,28,29);3*1H4/t3*19-;;;;/m111..../s1. The van der Waals surface area contributed by atoms with E-state index < -0.39 is 83.8 Å². The van der Waals surface area contributed by atoms with Gasteiger partial charge >= 0.3 is 6.18 Å². The average Bonchev–Trinajstić information content (AvgIpc) is 1.60. The lowest BCUT2D eigenvalue weighted by Crippen LogP contribution is -2.54. The quantitative estimate of drug-likeness (QED) is 0.0340. The van der Waals surface area contributed by atoms with Crippen molar-refractivity contribution in [3.63, 3.8) is 0 Å². The van der Waals surface area contributed by atoms with Crippen molar-refractivity contribution in [3.8, 4) is 51.6 Å². The largest absolute Gasteiger partial charge is 0.405 e. The molecule has 0 unspecified atom stereocenters. The number of hydrogen-bond donors (Lipinski definition) is 9. The van der Waals surface area contributed by atoms with Crippen LogP contribution in [-0.2, 0) is 19.2 Å². The van der Waals surface area contributed by atoms with Crippen molar-refractivity contribution >= 4 is 137 Å². The van der Waals surface area contributed by atoms with Crippen LogP contribution in [0, 0.1) is 28.8 Å². The van der Waals surface area contributed by atoms with Crippen molar-refractivity contribution in [2.75, 3.05) is 72.5 Å². The Morgan fingerprint density at radius 1 is 0.517 bits per heavy atom. The van der Waals surface area contributed by atoms with E-state index in [9.17, 15) is 64.0 Å². The molecule has 0 saturated carbocycles. The molecule has 0 bridgehead atoms. The maximum Gasteiger partial charge on any atom is 0.405 e. The lowest BCUT2D eigenvalue weighted by molar-refractivity contribution is -0.140. The Balaban J connectivity index is 0.000000181. The van der Waals surface area contributed by atoms with E-state index in [0.717, 1.165) is 30.4 Å². The van der Waals surface area contributed by atoms with Gasteiger partial charge in [0.2, 0.25) is 23.6 Å². The maximum atomic E-state index is 14.7. The van der Waals surface area contributed by atoms with E-state index in [1.54, 1.807) is 78.9 Å². The fourth-order valence-corrected chi connectivity index (χ4v) is 14.4. The van der Waals surface area contributed by atoms with Gasteiger partial charge in [-0.3, -0.25) is 19.2 Å². The summed E-state index contributed by atoms with van der Waals surface area (Å²) in [5, 5.41) is 26.0. The molecule has 12 aromatic rings. The van der Waals surface area contributed by atoms with Gasteiger partial charge in [0.1, 0.15) is 75.4 Å². The monoisotopic (exact) mass is 1750 g/mol. The van der Waals surface area contributed by atoms with Crippen molar-refractivity contribution in [2.45, 2.75) is 137 Å². The molecule has 3 fully saturated rings. The minimum Gasteiger partial charge on any atom is -0.355 e. The minimum absolute atomic E-state index is 0. The van der Waals surface area contributed by atoms with Crippen LogP contribution in [0.2, 0.25) is 20.1 Å². The van der Waals surface area contributed by atoms with Gasteiger partial charge in [-0.1, -0.05) is 68.7 Å². The molecular formula is C78H84Cl4F9N25O4. The number of carbonyl (C=O) groups excluding carboxylic acids is 4. The van der Waals surface area contributed by atoms with E-state index in [1.165, 1.54) is 43.5 Å². The van der Waals surface area contributed by atoms with Crippen LogP contribution in [-0.4, -0.2) is 191 Å². The number of carbonyl (C=O) groups is 4. The second-order valence-electron chi connectivity index (χ2n) is 28.2. The molecule has 636 valence electrons. The van der Waals surface area contributed by atoms with Crippen molar-refractivity contribution < 1.29 is 58.7 Å². The number of hydrogen-bond acceptors (Lipinski definition) is 21. The third-order valence-electron chi connectivity index (χ3n) is 19.8. The number of pyridine rings is 4. The Morgan fingerprint density at radius 2 is 0.850 bits per heavy atom. The van der Waals surface area contributed by atoms with Gasteiger partial charge in [0.05, 0.1) is 51.4 Å². The number of anilines is 4. The lowest BCUT2D eigenvalue weighted by atomic mass is 9.97. The molecule has 120 heavy (non-hydrogen) atoms. The number of rotatable bonds is 19. The van der Waals surface area contributed by atoms with Crippen molar-refractivity contribution in [1.82, 2.24) is 101 Å². The van der Waals surface area contributed by atoms with E-state index >= 15 is 0 Å². The van der Waals surface area contributed by atoms with Crippen LogP contribution in [0.1, 0.15) is 108 Å². The van der Waals surface area contributed by atoms with Gasteiger partial charge in [0, 0.05) is 126 Å². The minimum atomic E-state index is -4.55. The van der Waals surface area contributed by atoms with Gasteiger partial charge in [0.25, 0.3) is 6.43 Å². The van der Waals surface area contributed by atoms with E-state index in [2.05, 4.69) is 101 Å². The van der Waals surface area contributed by atoms with Crippen molar-refractivity contribution in [3.05, 3.63) is 142 Å². The second kappa shape index (κ2) is 38.1. The summed E-state index contributed by atoms with van der Waals surface area (Å²) in [7, 11) is 0. The highest BCUT2D eigenvalue weighted by Gasteiger charge is 2.48. The molecule has 0 aromatic carbocycles. The van der Waals surface area contributed by atoms with Crippen LogP contribution in [0.4, 0.5) is 62.8 Å². The first-order valence-electron chi connectivity index (χ1n) is 36.2. The predicted molar refractivity (Wildman–Crippen MR) is 442 cm³/mol. The van der Waals surface area contributed by atoms with Crippen LogP contribution in [0.25, 0.3) is 89.7 Å². The highest BCUT2D eigenvalue weighted by atomic mass is 35.5. The Bertz CT molecular complexity index is 5770. The Morgan fingerprint density at radius 3 is 1.18 bits per heavy atom. The Hall–Kier alpha value is -11.8. The van der Waals surface area contributed by atoms with E-state index in [-0.39, 0.29) is 86.9 Å². The molecule has 0 aliphatic carbocycles. The van der Waals surface area contributed by atoms with Gasteiger partial charge in [0.15, 0.2) is 58.2 Å². The molecule has 0 radical (unpaired) electrons. The number of nitrogens with one attached hydrogen (secondary N) is 9. The van der Waals surface area contributed by atoms with Gasteiger partial charge in [-0.25, -0.2) is 86.2 Å². The van der Waals surface area contributed by atoms with Crippen molar-refractivity contribution in [2.24, 2.45) is 0 Å². The van der Waals surface area contributed by atoms with Crippen LogP contribution in [0.5, 0.6) is 0 Å². The zero-order valence-corrected chi connectivity index (χ0v) is 65.9. The molecule has 3 aliphatic rings. The first kappa shape index (κ1) is 92.1. The molecule has 3 atom stereocenters. The number of alkyl halides is 6. The van der Waals surface area contributed by atoms with E-state index in [4.69, 9.17) is 46.4 Å². The number of aromatic nitrogens is 16. The predicted octanol–water partition coefficient (Wildman–Crippen LogP) is 15.4. The SMILES string of the molecule is C.C.C.CC(C)(Nc1nc(-c2c[nH]c3ncc(Cl)cc23)ncc1C#N)C(=O)NCC(F)(F)F.CCNC(=O)[C@@]1(C)CCCN1c1nc(-c2c[nH]c3ncc(Cl)cc23)ncc1F.C[C@]1(C(=O)NCC(F)F)CCCN1c1nc(-c2c[nH]c3ncc(Cl)cc23)ncc1F.C[C@]1(C(=O)NCCF)CCCN1c1nc(-c2c[nH]c3ncc(Cl)cc23)ncc1F. The zero-order valence-electron chi connectivity index (χ0n) is 62.9. The normalized spacial score (nSPS) is 16.9. The molecular weight excluding hydrogens is 1660 g/mol. The van der Waals surface area contributed by atoms with Gasteiger partial charge < -0.3 is 61.2 Å². The summed E-state index contributed by atoms with van der Waals surface area (Å²) in [5.41, 5.74) is 0.231. The summed E-state index contributed by atoms with van der Waals surface area (Å²) >= 11 is 24.2. The van der Waals surface area contributed by atoms with Crippen LogP contribution in [0.15, 0.2) is 98.6 Å². The third kappa shape index (κ3) is 19.7. The molecule has 4 amide bonds. The topological polar surface area (TPSA) is 380 Å². The summed E-state index contributed by atoms with van der Waals surface area (Å²) in [6, 6.07) is 8.74. The molecule has 0 spiro atoms. The third-order valence-corrected chi connectivity index (χ3v) is 20.6. The summed E-state index contributed by atoms with van der Waals surface area (Å²) in [6.45, 7) is 8.63. The highest BCUT2D eigenvalue weighted by molar-refractivity contribution is 6.32. The van der Waals surface area contributed by atoms with Crippen molar-refractivity contribution in [1.29, 1.82) is 5.26 Å². The Kier molecular flexibility index (Phi) is 29.2. The molecule has 9 N–H and O–H groups in total. The lowest BCUT2D eigenvalue weighted by Gasteiger charge is -2.34. The number of H-pyrrole nitrogens is 4. The summed E-state index contributed by atoms with van der Waals surface area (Å²) in [6.07, 6.45) is 13.6. The fourth-order valence-electron chi connectivity index (χ4n) is 13.8. The summed E-state index contributed by atoms with van der Waals surface area (Å²) < 4.78 is 119. The summed E-state index contributed by atoms with van der Waals surface area (Å²) in [4.78, 5) is 118. The highest BCUT2D eigenvalue weighted by Crippen LogP contribution is 2.41. The molecule has 42 heteroatoms. The van der Waals surface area contributed by atoms with Crippen LogP contribution in [0.3, 0.4) is 0 Å². The number of fused-ring (bicyclic) bond motifs is 4. The molecule has 29 nitrogen and oxygen atoms in total.